The number of rotatable bonds is 9. The summed E-state index contributed by atoms with van der Waals surface area (Å²) in [5.74, 6) is 0.815. The Morgan fingerprint density at radius 3 is 1.25 bits per heavy atom. The van der Waals surface area contributed by atoms with Crippen molar-refractivity contribution >= 4 is 11.8 Å². The lowest BCUT2D eigenvalue weighted by Crippen LogP contribution is -2.27. The van der Waals surface area contributed by atoms with E-state index in [0.717, 1.165) is 12.8 Å². The molecule has 0 radical (unpaired) electrons. The Morgan fingerprint density at radius 1 is 0.643 bits per heavy atom. The molecule has 0 unspecified atom stereocenters. The van der Waals surface area contributed by atoms with Gasteiger partial charge in [0.2, 0.25) is 0 Å². The average molecular weight is 381 g/mol. The summed E-state index contributed by atoms with van der Waals surface area (Å²) >= 11 is 0. The number of carbonyl (C=O) groups excluding carboxylic acids is 2. The van der Waals surface area contributed by atoms with Crippen LogP contribution in [0.4, 0.5) is 0 Å². The Kier molecular flexibility index (Phi) is 8.24. The molecule has 0 saturated heterocycles. The quantitative estimate of drug-likeness (QED) is 0.610. The molecule has 2 amide bonds. The molecule has 0 heterocycles. The second kappa shape index (κ2) is 10.6. The monoisotopic (exact) mass is 380 g/mol. The number of amides is 2. The summed E-state index contributed by atoms with van der Waals surface area (Å²) in [6.07, 6.45) is 1.64. The number of unbranched alkanes of at least 4 members (excludes halogenated alkanes) is 1. The van der Waals surface area contributed by atoms with Gasteiger partial charge in [0.25, 0.3) is 11.8 Å². The van der Waals surface area contributed by atoms with Crippen LogP contribution >= 0.6 is 0 Å². The van der Waals surface area contributed by atoms with Crippen LogP contribution in [-0.4, -0.2) is 24.9 Å². The van der Waals surface area contributed by atoms with Gasteiger partial charge in [-0.2, -0.15) is 0 Å². The average Bonchev–Trinajstić information content (AvgIpc) is 2.70. The minimum absolute atomic E-state index is 0.0513. The standard InChI is InChI=1S/C24H32N2O2/c1-17(2)19-7-11-21(12-8-19)23(27)25-15-5-6-16-26-24(28)22-13-9-20(10-14-22)18(3)4/h7-14,17-18H,5-6,15-16H2,1-4H3,(H,25,27)(H,26,28). The maximum absolute atomic E-state index is 12.1. The van der Waals surface area contributed by atoms with Crippen LogP contribution in [-0.2, 0) is 0 Å². The molecule has 0 spiro atoms. The van der Waals surface area contributed by atoms with Crippen LogP contribution in [0.25, 0.3) is 0 Å². The van der Waals surface area contributed by atoms with E-state index in [9.17, 15) is 9.59 Å². The van der Waals surface area contributed by atoms with Crippen LogP contribution < -0.4 is 10.6 Å². The number of nitrogens with one attached hydrogen (secondary N) is 2. The lowest BCUT2D eigenvalue weighted by molar-refractivity contribution is 0.0939. The Bertz CT molecular complexity index is 695. The second-order valence-electron chi connectivity index (χ2n) is 7.77. The summed E-state index contributed by atoms with van der Waals surface area (Å²) in [5.41, 5.74) is 3.82. The van der Waals surface area contributed by atoms with Crippen molar-refractivity contribution in [1.82, 2.24) is 10.6 Å². The predicted molar refractivity (Wildman–Crippen MR) is 115 cm³/mol. The maximum atomic E-state index is 12.1. The van der Waals surface area contributed by atoms with Gasteiger partial charge < -0.3 is 10.6 Å². The lowest BCUT2D eigenvalue weighted by atomic mass is 10.0. The normalized spacial score (nSPS) is 10.9. The molecule has 0 aliphatic carbocycles. The first-order chi connectivity index (χ1) is 13.4. The first-order valence-electron chi connectivity index (χ1n) is 10.1. The zero-order chi connectivity index (χ0) is 20.5. The molecular weight excluding hydrogens is 348 g/mol. The molecule has 4 nitrogen and oxygen atoms in total. The molecule has 0 saturated carbocycles. The van der Waals surface area contributed by atoms with Crippen molar-refractivity contribution in [3.05, 3.63) is 70.8 Å². The number of hydrogen-bond donors (Lipinski definition) is 2. The number of hydrogen-bond acceptors (Lipinski definition) is 2. The molecule has 0 atom stereocenters. The van der Waals surface area contributed by atoms with E-state index in [-0.39, 0.29) is 11.8 Å². The van der Waals surface area contributed by atoms with Gasteiger partial charge in [-0.3, -0.25) is 9.59 Å². The zero-order valence-corrected chi connectivity index (χ0v) is 17.4. The van der Waals surface area contributed by atoms with Gasteiger partial charge in [-0.05, 0) is 60.1 Å². The number of carbonyl (C=O) groups is 2. The van der Waals surface area contributed by atoms with E-state index < -0.39 is 0 Å². The third-order valence-corrected chi connectivity index (χ3v) is 4.85. The summed E-state index contributed by atoms with van der Waals surface area (Å²) in [5, 5.41) is 5.87. The van der Waals surface area contributed by atoms with Crippen LogP contribution in [0.15, 0.2) is 48.5 Å². The van der Waals surface area contributed by atoms with Crippen LogP contribution in [0, 0.1) is 0 Å². The summed E-state index contributed by atoms with van der Waals surface area (Å²) in [6.45, 7) is 9.74. The molecule has 2 aromatic carbocycles. The van der Waals surface area contributed by atoms with Gasteiger partial charge in [0, 0.05) is 24.2 Å². The number of benzene rings is 2. The van der Waals surface area contributed by atoms with Crippen LogP contribution in [0.3, 0.4) is 0 Å². The molecule has 28 heavy (non-hydrogen) atoms. The molecule has 0 bridgehead atoms. The fourth-order valence-electron chi connectivity index (χ4n) is 2.90. The van der Waals surface area contributed by atoms with Gasteiger partial charge in [-0.1, -0.05) is 52.0 Å². The molecule has 2 aromatic rings. The Hall–Kier alpha value is -2.62. The SMILES string of the molecule is CC(C)c1ccc(C(=O)NCCCCNC(=O)c2ccc(C(C)C)cc2)cc1. The van der Waals surface area contributed by atoms with E-state index in [4.69, 9.17) is 0 Å². The van der Waals surface area contributed by atoms with Crippen LogP contribution in [0.5, 0.6) is 0 Å². The van der Waals surface area contributed by atoms with Crippen molar-refractivity contribution in [2.24, 2.45) is 0 Å². The smallest absolute Gasteiger partial charge is 0.251 e. The van der Waals surface area contributed by atoms with Crippen LogP contribution in [0.1, 0.15) is 84.2 Å². The van der Waals surface area contributed by atoms with Gasteiger partial charge in [-0.15, -0.1) is 0 Å². The van der Waals surface area contributed by atoms with Crippen LogP contribution in [0.2, 0.25) is 0 Å². The highest BCUT2D eigenvalue weighted by molar-refractivity contribution is 5.94. The van der Waals surface area contributed by atoms with E-state index in [1.54, 1.807) is 0 Å². The van der Waals surface area contributed by atoms with Crippen molar-refractivity contribution in [2.45, 2.75) is 52.4 Å². The minimum atomic E-state index is -0.0513. The van der Waals surface area contributed by atoms with Crippen molar-refractivity contribution in [2.75, 3.05) is 13.1 Å². The van der Waals surface area contributed by atoms with Gasteiger partial charge in [-0.25, -0.2) is 0 Å². The highest BCUT2D eigenvalue weighted by Gasteiger charge is 2.07. The molecule has 150 valence electrons. The lowest BCUT2D eigenvalue weighted by Gasteiger charge is -2.09. The Balaban J connectivity index is 1.64. The van der Waals surface area contributed by atoms with Gasteiger partial charge in [0.15, 0.2) is 0 Å². The Labute approximate surface area is 168 Å². The summed E-state index contributed by atoms with van der Waals surface area (Å²) in [7, 11) is 0. The first kappa shape index (κ1) is 21.7. The topological polar surface area (TPSA) is 58.2 Å². The highest BCUT2D eigenvalue weighted by Crippen LogP contribution is 2.15. The molecular formula is C24H32N2O2. The highest BCUT2D eigenvalue weighted by atomic mass is 16.2. The third kappa shape index (κ3) is 6.52. The predicted octanol–water partition coefficient (Wildman–Crippen LogP) is 4.87. The van der Waals surface area contributed by atoms with Gasteiger partial charge >= 0.3 is 0 Å². The van der Waals surface area contributed by atoms with Crippen molar-refractivity contribution < 1.29 is 9.59 Å². The molecule has 0 fully saturated rings. The van der Waals surface area contributed by atoms with Crippen molar-refractivity contribution in [3.63, 3.8) is 0 Å². The van der Waals surface area contributed by atoms with Crippen molar-refractivity contribution in [1.29, 1.82) is 0 Å². The zero-order valence-electron chi connectivity index (χ0n) is 17.4. The van der Waals surface area contributed by atoms with E-state index >= 15 is 0 Å². The molecule has 0 aliphatic rings. The van der Waals surface area contributed by atoms with E-state index in [0.29, 0.717) is 36.1 Å². The van der Waals surface area contributed by atoms with Gasteiger partial charge in [0.1, 0.15) is 0 Å². The van der Waals surface area contributed by atoms with E-state index in [1.165, 1.54) is 11.1 Å². The van der Waals surface area contributed by atoms with E-state index in [2.05, 4.69) is 38.3 Å². The minimum Gasteiger partial charge on any atom is -0.352 e. The second-order valence-corrected chi connectivity index (χ2v) is 7.77. The molecule has 0 aliphatic heterocycles. The van der Waals surface area contributed by atoms with Gasteiger partial charge in [0.05, 0.1) is 0 Å². The first-order valence-corrected chi connectivity index (χ1v) is 10.1. The third-order valence-electron chi connectivity index (χ3n) is 4.85. The van der Waals surface area contributed by atoms with E-state index in [1.807, 2.05) is 48.5 Å². The summed E-state index contributed by atoms with van der Waals surface area (Å²) in [6, 6.07) is 15.5. The Morgan fingerprint density at radius 2 is 0.964 bits per heavy atom. The fourth-order valence-corrected chi connectivity index (χ4v) is 2.90. The largest absolute Gasteiger partial charge is 0.352 e. The molecule has 2 N–H and O–H groups in total. The fraction of sp³-hybridized carbons (Fsp3) is 0.417. The molecule has 4 heteroatoms. The van der Waals surface area contributed by atoms with Crippen molar-refractivity contribution in [3.8, 4) is 0 Å². The maximum Gasteiger partial charge on any atom is 0.251 e. The molecule has 2 rings (SSSR count). The summed E-state index contributed by atoms with van der Waals surface area (Å²) < 4.78 is 0. The summed E-state index contributed by atoms with van der Waals surface area (Å²) in [4.78, 5) is 24.3. The molecule has 0 aromatic heterocycles.